The molecule has 0 spiro atoms. The van der Waals surface area contributed by atoms with Crippen molar-refractivity contribution < 1.29 is 23.5 Å². The highest BCUT2D eigenvalue weighted by Gasteiger charge is 2.17. The average molecular weight is 352 g/mol. The van der Waals surface area contributed by atoms with Gasteiger partial charge in [0, 0.05) is 11.1 Å². The monoisotopic (exact) mass is 351 g/mol. The lowest BCUT2D eigenvalue weighted by Crippen LogP contribution is -2.21. The molecule has 0 saturated carbocycles. The molecule has 1 amide bonds. The minimum atomic E-state index is -0.612. The number of halogens is 1. The molecule has 2 rings (SSSR count). The molecule has 6 nitrogen and oxygen atoms in total. The third-order valence-electron chi connectivity index (χ3n) is 3.35. The van der Waals surface area contributed by atoms with E-state index in [1.807, 2.05) is 6.92 Å². The highest BCUT2D eigenvalue weighted by atomic mass is 35.5. The van der Waals surface area contributed by atoms with Crippen molar-refractivity contribution in [2.24, 2.45) is 0 Å². The highest BCUT2D eigenvalue weighted by Crippen LogP contribution is 2.30. The number of carbonyl (C=O) groups is 2. The van der Waals surface area contributed by atoms with Gasteiger partial charge in [-0.05, 0) is 38.5 Å². The van der Waals surface area contributed by atoms with E-state index in [9.17, 15) is 9.59 Å². The Kier molecular flexibility index (Phi) is 5.51. The average Bonchev–Trinajstić information content (AvgIpc) is 2.87. The summed E-state index contributed by atoms with van der Waals surface area (Å²) in [6.45, 7) is 4.77. The molecule has 7 heteroatoms. The van der Waals surface area contributed by atoms with Crippen LogP contribution in [0.2, 0.25) is 5.02 Å². The van der Waals surface area contributed by atoms with Gasteiger partial charge in [0.1, 0.15) is 22.8 Å². The standard InChI is InChI=1S/C17H18ClNO5/c1-9-5-14(15(22-4)7-13(9)18)19-16(20)8-23-17(21)12-6-10(2)24-11(12)3/h5-7H,8H2,1-4H3,(H,19,20). The maximum atomic E-state index is 12.0. The van der Waals surface area contributed by atoms with E-state index in [0.29, 0.717) is 33.5 Å². The van der Waals surface area contributed by atoms with Gasteiger partial charge in [0.15, 0.2) is 6.61 Å². The van der Waals surface area contributed by atoms with Crippen LogP contribution in [0.4, 0.5) is 5.69 Å². The smallest absolute Gasteiger partial charge is 0.342 e. The molecular formula is C17H18ClNO5. The Labute approximate surface area is 144 Å². The first kappa shape index (κ1) is 17.9. The van der Waals surface area contributed by atoms with Crippen LogP contribution in [0.1, 0.15) is 27.4 Å². The lowest BCUT2D eigenvalue weighted by atomic mass is 10.2. The van der Waals surface area contributed by atoms with Gasteiger partial charge in [-0.2, -0.15) is 0 Å². The SMILES string of the molecule is COc1cc(Cl)c(C)cc1NC(=O)COC(=O)c1cc(C)oc1C. The first-order valence-electron chi connectivity index (χ1n) is 7.20. The van der Waals surface area contributed by atoms with Crippen molar-refractivity contribution in [3.63, 3.8) is 0 Å². The zero-order valence-electron chi connectivity index (χ0n) is 13.9. The van der Waals surface area contributed by atoms with Crippen LogP contribution in [0.15, 0.2) is 22.6 Å². The summed E-state index contributed by atoms with van der Waals surface area (Å²) in [4.78, 5) is 24.0. The van der Waals surface area contributed by atoms with Crippen molar-refractivity contribution in [2.45, 2.75) is 20.8 Å². The number of methoxy groups -OCH3 is 1. The van der Waals surface area contributed by atoms with Crippen LogP contribution in [-0.2, 0) is 9.53 Å². The number of benzene rings is 1. The van der Waals surface area contributed by atoms with Crippen LogP contribution < -0.4 is 10.1 Å². The number of rotatable bonds is 5. The van der Waals surface area contributed by atoms with E-state index in [1.54, 1.807) is 32.0 Å². The van der Waals surface area contributed by atoms with Crippen molar-refractivity contribution in [2.75, 3.05) is 19.0 Å². The van der Waals surface area contributed by atoms with E-state index in [4.69, 9.17) is 25.5 Å². The van der Waals surface area contributed by atoms with Gasteiger partial charge in [-0.25, -0.2) is 4.79 Å². The second kappa shape index (κ2) is 7.40. The van der Waals surface area contributed by atoms with E-state index >= 15 is 0 Å². The molecule has 24 heavy (non-hydrogen) atoms. The molecule has 1 N–H and O–H groups in total. The Bertz CT molecular complexity index is 782. The Morgan fingerprint density at radius 3 is 2.50 bits per heavy atom. The lowest BCUT2D eigenvalue weighted by molar-refractivity contribution is -0.119. The van der Waals surface area contributed by atoms with Gasteiger partial charge in [-0.3, -0.25) is 4.79 Å². The molecule has 1 aromatic heterocycles. The van der Waals surface area contributed by atoms with E-state index in [-0.39, 0.29) is 0 Å². The largest absolute Gasteiger partial charge is 0.495 e. The second-order valence-electron chi connectivity index (χ2n) is 5.25. The predicted octanol–water partition coefficient (Wildman–Crippen LogP) is 3.66. The number of furan rings is 1. The summed E-state index contributed by atoms with van der Waals surface area (Å²) in [5.74, 6) is 0.379. The molecule has 1 aromatic carbocycles. The number of aryl methyl sites for hydroxylation is 3. The molecule has 0 bridgehead atoms. The molecule has 1 heterocycles. The minimum Gasteiger partial charge on any atom is -0.495 e. The van der Waals surface area contributed by atoms with Crippen LogP contribution in [0.3, 0.4) is 0 Å². The topological polar surface area (TPSA) is 77.8 Å². The fourth-order valence-electron chi connectivity index (χ4n) is 2.16. The quantitative estimate of drug-likeness (QED) is 0.832. The van der Waals surface area contributed by atoms with Gasteiger partial charge in [0.2, 0.25) is 0 Å². The second-order valence-corrected chi connectivity index (χ2v) is 5.66. The van der Waals surface area contributed by atoms with Crippen molar-refractivity contribution in [1.82, 2.24) is 0 Å². The molecule has 0 aliphatic heterocycles. The van der Waals surface area contributed by atoms with Crippen molar-refractivity contribution in [1.29, 1.82) is 0 Å². The molecule has 0 radical (unpaired) electrons. The van der Waals surface area contributed by atoms with E-state index in [0.717, 1.165) is 5.56 Å². The normalized spacial score (nSPS) is 10.4. The third-order valence-corrected chi connectivity index (χ3v) is 3.76. The van der Waals surface area contributed by atoms with Gasteiger partial charge in [0.25, 0.3) is 5.91 Å². The number of carbonyl (C=O) groups excluding carboxylic acids is 2. The molecule has 0 aliphatic rings. The third kappa shape index (κ3) is 4.08. The van der Waals surface area contributed by atoms with E-state index in [2.05, 4.69) is 5.32 Å². The predicted molar refractivity (Wildman–Crippen MR) is 89.8 cm³/mol. The Morgan fingerprint density at radius 1 is 1.21 bits per heavy atom. The summed E-state index contributed by atoms with van der Waals surface area (Å²) in [5.41, 5.74) is 1.55. The number of hydrogen-bond donors (Lipinski definition) is 1. The molecule has 128 valence electrons. The first-order valence-corrected chi connectivity index (χ1v) is 7.57. The maximum absolute atomic E-state index is 12.0. The number of hydrogen-bond acceptors (Lipinski definition) is 5. The number of anilines is 1. The van der Waals surface area contributed by atoms with Gasteiger partial charge in [0.05, 0.1) is 12.8 Å². The fraction of sp³-hybridized carbons (Fsp3) is 0.294. The van der Waals surface area contributed by atoms with Gasteiger partial charge in [-0.1, -0.05) is 11.6 Å². The first-order chi connectivity index (χ1) is 11.3. The van der Waals surface area contributed by atoms with Crippen molar-refractivity contribution >= 4 is 29.2 Å². The Morgan fingerprint density at radius 2 is 1.92 bits per heavy atom. The fourth-order valence-corrected chi connectivity index (χ4v) is 2.31. The lowest BCUT2D eigenvalue weighted by Gasteiger charge is -2.12. The summed E-state index contributed by atoms with van der Waals surface area (Å²) in [5, 5.41) is 3.16. The molecule has 0 unspecified atom stereocenters. The van der Waals surface area contributed by atoms with Crippen LogP contribution >= 0.6 is 11.6 Å². The van der Waals surface area contributed by atoms with Crippen molar-refractivity contribution in [3.8, 4) is 5.75 Å². The molecule has 0 aliphatic carbocycles. The zero-order chi connectivity index (χ0) is 17.9. The van der Waals surface area contributed by atoms with Crippen molar-refractivity contribution in [3.05, 3.63) is 45.9 Å². The number of esters is 1. The summed E-state index contributed by atoms with van der Waals surface area (Å²) in [6, 6.07) is 4.86. The van der Waals surface area contributed by atoms with Crippen LogP contribution in [-0.4, -0.2) is 25.6 Å². The summed E-state index contributed by atoms with van der Waals surface area (Å²) in [6.07, 6.45) is 0. The van der Waals surface area contributed by atoms with Gasteiger partial charge >= 0.3 is 5.97 Å². The molecule has 0 fully saturated rings. The highest BCUT2D eigenvalue weighted by molar-refractivity contribution is 6.31. The maximum Gasteiger partial charge on any atom is 0.342 e. The van der Waals surface area contributed by atoms with Crippen LogP contribution in [0.5, 0.6) is 5.75 Å². The Hall–Kier alpha value is -2.47. The number of amides is 1. The molecule has 0 atom stereocenters. The minimum absolute atomic E-state index is 0.306. The van der Waals surface area contributed by atoms with E-state index in [1.165, 1.54) is 7.11 Å². The molecule has 0 saturated heterocycles. The number of nitrogens with one attached hydrogen (secondary N) is 1. The van der Waals surface area contributed by atoms with Gasteiger partial charge in [-0.15, -0.1) is 0 Å². The van der Waals surface area contributed by atoms with Crippen LogP contribution in [0.25, 0.3) is 0 Å². The number of ether oxygens (including phenoxy) is 2. The zero-order valence-corrected chi connectivity index (χ0v) is 14.6. The van der Waals surface area contributed by atoms with Gasteiger partial charge < -0.3 is 19.2 Å². The molecular weight excluding hydrogens is 334 g/mol. The summed E-state index contributed by atoms with van der Waals surface area (Å²) < 4.78 is 15.4. The summed E-state index contributed by atoms with van der Waals surface area (Å²) in [7, 11) is 1.47. The van der Waals surface area contributed by atoms with Crippen LogP contribution in [0, 0.1) is 20.8 Å². The van der Waals surface area contributed by atoms with E-state index < -0.39 is 18.5 Å². The summed E-state index contributed by atoms with van der Waals surface area (Å²) >= 11 is 6.02. The molecule has 2 aromatic rings. The Balaban J connectivity index is 2.00.